The molecule has 0 aliphatic carbocycles. The Morgan fingerprint density at radius 2 is 1.93 bits per heavy atom. The molecular formula is C30H33N7OSSi. The van der Waals surface area contributed by atoms with Crippen LogP contribution in [-0.4, -0.2) is 64.7 Å². The molecule has 0 aliphatic rings. The standard InChI is InChI=1S/C30H33N7OSSi/c1-36(2)18-33-30-32-17-25-28(35-30)24(16-31-25)21-12-22-15-34-37(19-38-10-11-40(3,4)5)29(22)23(13-21)27-14-20-8-6-7-9-26(20)39-27/h6-9,12-18,31H,10-11,19H2,1-5H3. The number of ether oxygens (including phenoxy) is 1. The third-order valence-electron chi connectivity index (χ3n) is 6.75. The molecule has 0 spiro atoms. The highest BCUT2D eigenvalue weighted by atomic mass is 32.1. The second-order valence-corrected chi connectivity index (χ2v) is 18.2. The van der Waals surface area contributed by atoms with Crippen LogP contribution in [0.5, 0.6) is 0 Å². The topological polar surface area (TPSA) is 84.2 Å². The van der Waals surface area contributed by atoms with Crippen molar-refractivity contribution < 1.29 is 4.74 Å². The van der Waals surface area contributed by atoms with E-state index in [1.165, 1.54) is 15.0 Å². The van der Waals surface area contributed by atoms with Gasteiger partial charge >= 0.3 is 0 Å². The number of fused-ring (bicyclic) bond motifs is 3. The van der Waals surface area contributed by atoms with Gasteiger partial charge < -0.3 is 14.6 Å². The smallest absolute Gasteiger partial charge is 0.251 e. The summed E-state index contributed by atoms with van der Waals surface area (Å²) in [4.78, 5) is 20.0. The van der Waals surface area contributed by atoms with Gasteiger partial charge in [0.1, 0.15) is 12.2 Å². The van der Waals surface area contributed by atoms with Crippen molar-refractivity contribution in [2.45, 2.75) is 32.4 Å². The summed E-state index contributed by atoms with van der Waals surface area (Å²) in [7, 11) is 2.68. The highest BCUT2D eigenvalue weighted by molar-refractivity contribution is 7.22. The molecular weight excluding hydrogens is 535 g/mol. The molecule has 6 aromatic rings. The Bertz CT molecular complexity index is 1810. The van der Waals surface area contributed by atoms with E-state index in [4.69, 9.17) is 14.8 Å². The van der Waals surface area contributed by atoms with Crippen molar-refractivity contribution in [3.8, 4) is 21.6 Å². The molecule has 204 valence electrons. The van der Waals surface area contributed by atoms with E-state index in [9.17, 15) is 0 Å². The minimum atomic E-state index is -1.17. The first-order valence-corrected chi connectivity index (χ1v) is 17.9. The summed E-state index contributed by atoms with van der Waals surface area (Å²) < 4.78 is 9.38. The molecule has 4 aromatic heterocycles. The summed E-state index contributed by atoms with van der Waals surface area (Å²) in [6, 6.07) is 16.4. The van der Waals surface area contributed by atoms with Crippen LogP contribution in [0.25, 0.3) is 53.6 Å². The number of aliphatic imine (C=N–C) groups is 1. The number of aromatic amines is 1. The van der Waals surface area contributed by atoms with Crippen LogP contribution >= 0.6 is 11.3 Å². The van der Waals surface area contributed by atoms with Crippen molar-refractivity contribution in [3.63, 3.8) is 0 Å². The number of H-pyrrole nitrogens is 1. The van der Waals surface area contributed by atoms with Crippen molar-refractivity contribution in [3.05, 3.63) is 61.1 Å². The Hall–Kier alpha value is -3.86. The van der Waals surface area contributed by atoms with Crippen LogP contribution in [0.15, 0.2) is 66.0 Å². The molecule has 10 heteroatoms. The highest BCUT2D eigenvalue weighted by Crippen LogP contribution is 2.41. The van der Waals surface area contributed by atoms with Gasteiger partial charge in [0.25, 0.3) is 5.95 Å². The Morgan fingerprint density at radius 1 is 1.07 bits per heavy atom. The minimum absolute atomic E-state index is 0.427. The lowest BCUT2D eigenvalue weighted by Gasteiger charge is -2.16. The molecule has 6 rings (SSSR count). The molecule has 0 saturated carbocycles. The molecule has 2 aromatic carbocycles. The molecule has 0 unspecified atom stereocenters. The third kappa shape index (κ3) is 5.42. The number of hydrogen-bond donors (Lipinski definition) is 1. The van der Waals surface area contributed by atoms with Gasteiger partial charge in [0.2, 0.25) is 0 Å². The van der Waals surface area contributed by atoms with Crippen LogP contribution in [0.4, 0.5) is 5.95 Å². The number of aromatic nitrogens is 5. The van der Waals surface area contributed by atoms with Gasteiger partial charge in [-0.1, -0.05) is 37.8 Å². The summed E-state index contributed by atoms with van der Waals surface area (Å²) in [6.45, 7) is 8.29. The third-order valence-corrected chi connectivity index (χ3v) is 9.61. The maximum Gasteiger partial charge on any atom is 0.251 e. The van der Waals surface area contributed by atoms with E-state index < -0.39 is 8.07 Å². The number of nitrogens with one attached hydrogen (secondary N) is 1. The quantitative estimate of drug-likeness (QED) is 0.0852. The van der Waals surface area contributed by atoms with E-state index >= 15 is 0 Å². The fourth-order valence-corrected chi connectivity index (χ4v) is 6.51. The maximum atomic E-state index is 6.12. The Morgan fingerprint density at radius 3 is 2.73 bits per heavy atom. The Kier molecular flexibility index (Phi) is 6.99. The summed E-state index contributed by atoms with van der Waals surface area (Å²) >= 11 is 1.80. The van der Waals surface area contributed by atoms with Gasteiger partial charge in [0, 0.05) is 61.1 Å². The van der Waals surface area contributed by atoms with Crippen LogP contribution in [0.2, 0.25) is 25.7 Å². The molecule has 0 fully saturated rings. The van der Waals surface area contributed by atoms with Gasteiger partial charge in [0.05, 0.1) is 29.8 Å². The zero-order chi connectivity index (χ0) is 27.9. The van der Waals surface area contributed by atoms with E-state index in [1.54, 1.807) is 23.9 Å². The molecule has 0 aliphatic heterocycles. The number of nitrogens with zero attached hydrogens (tertiary/aromatic N) is 6. The van der Waals surface area contributed by atoms with Gasteiger partial charge in [-0.2, -0.15) is 5.10 Å². The first kappa shape index (κ1) is 26.4. The molecule has 0 saturated heterocycles. The second kappa shape index (κ2) is 10.6. The van der Waals surface area contributed by atoms with Gasteiger partial charge in [-0.05, 0) is 41.3 Å². The van der Waals surface area contributed by atoms with Crippen molar-refractivity contribution in [2.75, 3.05) is 20.7 Å². The largest absolute Gasteiger partial charge is 0.369 e. The molecule has 0 radical (unpaired) electrons. The van der Waals surface area contributed by atoms with Crippen molar-refractivity contribution in [1.82, 2.24) is 29.6 Å². The SMILES string of the molecule is CN(C)C=Nc1ncc2[nH]cc(-c3cc(-c4cc5ccccc5s4)c4c(cnn4COCC[Si](C)(C)C)c3)c2n1. The fraction of sp³-hybridized carbons (Fsp3) is 0.267. The lowest BCUT2D eigenvalue weighted by molar-refractivity contribution is 0.0817. The summed E-state index contributed by atoms with van der Waals surface area (Å²) in [6.07, 6.45) is 7.43. The van der Waals surface area contributed by atoms with Crippen LogP contribution < -0.4 is 0 Å². The van der Waals surface area contributed by atoms with Crippen molar-refractivity contribution >= 4 is 63.7 Å². The minimum Gasteiger partial charge on any atom is -0.369 e. The monoisotopic (exact) mass is 567 g/mol. The number of rotatable bonds is 9. The predicted octanol–water partition coefficient (Wildman–Crippen LogP) is 7.39. The van der Waals surface area contributed by atoms with Gasteiger partial charge in [0.15, 0.2) is 0 Å². The van der Waals surface area contributed by atoms with Gasteiger partial charge in [-0.25, -0.2) is 19.6 Å². The lowest BCUT2D eigenvalue weighted by Crippen LogP contribution is -2.22. The second-order valence-electron chi connectivity index (χ2n) is 11.4. The Balaban J connectivity index is 1.47. The maximum absolute atomic E-state index is 6.12. The molecule has 4 heterocycles. The van der Waals surface area contributed by atoms with Crippen molar-refractivity contribution in [2.24, 2.45) is 4.99 Å². The van der Waals surface area contributed by atoms with E-state index in [1.807, 2.05) is 36.1 Å². The molecule has 0 bridgehead atoms. The van der Waals surface area contributed by atoms with Crippen molar-refractivity contribution in [1.29, 1.82) is 0 Å². The van der Waals surface area contributed by atoms with E-state index in [0.29, 0.717) is 12.7 Å². The van der Waals surface area contributed by atoms with Crippen LogP contribution in [-0.2, 0) is 11.5 Å². The lowest BCUT2D eigenvalue weighted by atomic mass is 10.0. The summed E-state index contributed by atoms with van der Waals surface area (Å²) in [5.41, 5.74) is 5.98. The van der Waals surface area contributed by atoms with Gasteiger partial charge in [-0.3, -0.25) is 0 Å². The fourth-order valence-electron chi connectivity index (χ4n) is 4.67. The highest BCUT2D eigenvalue weighted by Gasteiger charge is 2.18. The number of benzene rings is 2. The van der Waals surface area contributed by atoms with E-state index in [-0.39, 0.29) is 0 Å². The zero-order valence-corrected chi connectivity index (χ0v) is 25.3. The Labute approximate surface area is 238 Å². The number of thiophene rings is 1. The molecule has 8 nitrogen and oxygen atoms in total. The summed E-state index contributed by atoms with van der Waals surface area (Å²) in [5, 5.41) is 7.06. The predicted molar refractivity (Wildman–Crippen MR) is 169 cm³/mol. The molecule has 1 N–H and O–H groups in total. The van der Waals surface area contributed by atoms with E-state index in [2.05, 4.69) is 77.1 Å². The average Bonchev–Trinajstić information content (AvgIpc) is 3.65. The van der Waals surface area contributed by atoms with E-state index in [0.717, 1.165) is 51.3 Å². The average molecular weight is 568 g/mol. The van der Waals surface area contributed by atoms with Crippen LogP contribution in [0.3, 0.4) is 0 Å². The zero-order valence-electron chi connectivity index (χ0n) is 23.5. The molecule has 40 heavy (non-hydrogen) atoms. The first-order chi connectivity index (χ1) is 19.2. The molecule has 0 amide bonds. The van der Waals surface area contributed by atoms with Crippen LogP contribution in [0.1, 0.15) is 0 Å². The summed E-state index contributed by atoms with van der Waals surface area (Å²) in [5.74, 6) is 0.427. The normalized spacial score (nSPS) is 12.4. The first-order valence-electron chi connectivity index (χ1n) is 13.4. The number of hydrogen-bond acceptors (Lipinski definition) is 6. The molecule has 0 atom stereocenters. The van der Waals surface area contributed by atoms with Gasteiger partial charge in [-0.15, -0.1) is 11.3 Å². The van der Waals surface area contributed by atoms with Crippen LogP contribution in [0, 0.1) is 0 Å².